The molecule has 1 amide bonds. The second-order valence-corrected chi connectivity index (χ2v) is 5.92. The van der Waals surface area contributed by atoms with Crippen LogP contribution in [0.15, 0.2) is 42.5 Å². The van der Waals surface area contributed by atoms with Crippen molar-refractivity contribution in [2.24, 2.45) is 0 Å². The number of hydrogen-bond donors (Lipinski definition) is 0. The summed E-state index contributed by atoms with van der Waals surface area (Å²) in [5.41, 5.74) is 1.52. The third-order valence-electron chi connectivity index (χ3n) is 4.02. The average molecular weight is 343 g/mol. The summed E-state index contributed by atoms with van der Waals surface area (Å²) in [4.78, 5) is 15.0. The van der Waals surface area contributed by atoms with Crippen LogP contribution in [0.4, 0.5) is 0 Å². The molecule has 0 N–H and O–H groups in total. The van der Waals surface area contributed by atoms with Crippen LogP contribution in [0.1, 0.15) is 29.8 Å². The molecule has 0 radical (unpaired) electrons. The summed E-state index contributed by atoms with van der Waals surface area (Å²) in [6, 6.07) is 13.3. The van der Waals surface area contributed by atoms with E-state index in [1.54, 1.807) is 31.3 Å². The second-order valence-electron chi connectivity index (χ2n) is 5.92. The Labute approximate surface area is 149 Å². The zero-order valence-electron chi connectivity index (χ0n) is 15.4. The van der Waals surface area contributed by atoms with E-state index in [0.29, 0.717) is 29.4 Å². The van der Waals surface area contributed by atoms with E-state index in [4.69, 9.17) is 14.2 Å². The molecule has 0 saturated heterocycles. The number of methoxy groups -OCH3 is 3. The van der Waals surface area contributed by atoms with Gasteiger partial charge in [0.2, 0.25) is 0 Å². The molecule has 0 saturated carbocycles. The van der Waals surface area contributed by atoms with Crippen LogP contribution in [0.5, 0.6) is 17.2 Å². The standard InChI is InChI=1S/C20H25NO4/c1-14(2)21(13-15-9-7-6-8-10-15)20(22)16-11-18(24-4)19(25-5)12-17(16)23-3/h6-12,14H,13H2,1-5H3. The highest BCUT2D eigenvalue weighted by Gasteiger charge is 2.24. The average Bonchev–Trinajstić information content (AvgIpc) is 2.64. The summed E-state index contributed by atoms with van der Waals surface area (Å²) >= 11 is 0. The predicted octanol–water partition coefficient (Wildman–Crippen LogP) is 3.76. The predicted molar refractivity (Wildman–Crippen MR) is 97.5 cm³/mol. The van der Waals surface area contributed by atoms with Gasteiger partial charge < -0.3 is 19.1 Å². The Morgan fingerprint density at radius 3 is 2.00 bits per heavy atom. The van der Waals surface area contributed by atoms with Crippen LogP contribution in [-0.2, 0) is 6.54 Å². The minimum Gasteiger partial charge on any atom is -0.496 e. The summed E-state index contributed by atoms with van der Waals surface area (Å²) in [6.45, 7) is 4.51. The molecule has 0 fully saturated rings. The van der Waals surface area contributed by atoms with E-state index in [2.05, 4.69) is 0 Å². The van der Waals surface area contributed by atoms with Gasteiger partial charge >= 0.3 is 0 Å². The van der Waals surface area contributed by atoms with Crippen molar-refractivity contribution in [1.29, 1.82) is 0 Å². The first kappa shape index (κ1) is 18.6. The maximum atomic E-state index is 13.2. The molecule has 0 aliphatic rings. The highest BCUT2D eigenvalue weighted by atomic mass is 16.5. The molecule has 0 bridgehead atoms. The van der Waals surface area contributed by atoms with Crippen molar-refractivity contribution in [1.82, 2.24) is 4.90 Å². The lowest BCUT2D eigenvalue weighted by atomic mass is 10.1. The monoisotopic (exact) mass is 343 g/mol. The van der Waals surface area contributed by atoms with Crippen molar-refractivity contribution in [2.75, 3.05) is 21.3 Å². The van der Waals surface area contributed by atoms with E-state index in [9.17, 15) is 4.79 Å². The fourth-order valence-electron chi connectivity index (χ4n) is 2.62. The molecular formula is C20H25NO4. The van der Waals surface area contributed by atoms with E-state index in [1.807, 2.05) is 44.2 Å². The summed E-state index contributed by atoms with van der Waals surface area (Å²) in [5, 5.41) is 0. The number of benzene rings is 2. The molecule has 5 nitrogen and oxygen atoms in total. The maximum absolute atomic E-state index is 13.2. The minimum atomic E-state index is -0.114. The summed E-state index contributed by atoms with van der Waals surface area (Å²) < 4.78 is 16.0. The zero-order chi connectivity index (χ0) is 18.4. The first-order valence-corrected chi connectivity index (χ1v) is 8.16. The van der Waals surface area contributed by atoms with Crippen LogP contribution in [0.3, 0.4) is 0 Å². The normalized spacial score (nSPS) is 10.5. The van der Waals surface area contributed by atoms with Crippen LogP contribution < -0.4 is 14.2 Å². The van der Waals surface area contributed by atoms with Gasteiger partial charge in [0.15, 0.2) is 11.5 Å². The molecule has 0 aliphatic carbocycles. The first-order valence-electron chi connectivity index (χ1n) is 8.16. The highest BCUT2D eigenvalue weighted by Crippen LogP contribution is 2.35. The van der Waals surface area contributed by atoms with E-state index < -0.39 is 0 Å². The third kappa shape index (κ3) is 4.24. The Hall–Kier alpha value is -2.69. The molecule has 25 heavy (non-hydrogen) atoms. The van der Waals surface area contributed by atoms with Gasteiger partial charge in [0.05, 0.1) is 26.9 Å². The lowest BCUT2D eigenvalue weighted by Crippen LogP contribution is -2.36. The lowest BCUT2D eigenvalue weighted by Gasteiger charge is -2.28. The maximum Gasteiger partial charge on any atom is 0.258 e. The number of carbonyl (C=O) groups is 1. The molecule has 2 aromatic rings. The van der Waals surface area contributed by atoms with E-state index in [0.717, 1.165) is 5.56 Å². The second kappa shape index (κ2) is 8.42. The van der Waals surface area contributed by atoms with Gasteiger partial charge in [0.1, 0.15) is 5.75 Å². The van der Waals surface area contributed by atoms with E-state index in [1.165, 1.54) is 7.11 Å². The molecule has 0 unspecified atom stereocenters. The molecule has 0 aromatic heterocycles. The van der Waals surface area contributed by atoms with Crippen LogP contribution in [0.2, 0.25) is 0 Å². The largest absolute Gasteiger partial charge is 0.496 e. The molecule has 134 valence electrons. The summed E-state index contributed by atoms with van der Waals surface area (Å²) in [6.07, 6.45) is 0. The Bertz CT molecular complexity index is 713. The molecular weight excluding hydrogens is 318 g/mol. The Morgan fingerprint density at radius 2 is 1.48 bits per heavy atom. The van der Waals surface area contributed by atoms with Crippen molar-refractivity contribution < 1.29 is 19.0 Å². The Kier molecular flexibility index (Phi) is 6.28. The van der Waals surface area contributed by atoms with Crippen molar-refractivity contribution in [3.05, 3.63) is 53.6 Å². The third-order valence-corrected chi connectivity index (χ3v) is 4.02. The lowest BCUT2D eigenvalue weighted by molar-refractivity contribution is 0.0686. The van der Waals surface area contributed by atoms with Gasteiger partial charge in [0, 0.05) is 24.7 Å². The molecule has 0 heterocycles. The quantitative estimate of drug-likeness (QED) is 0.768. The van der Waals surface area contributed by atoms with E-state index >= 15 is 0 Å². The van der Waals surface area contributed by atoms with Gasteiger partial charge in [-0.05, 0) is 19.4 Å². The number of amides is 1. The molecule has 0 atom stereocenters. The van der Waals surface area contributed by atoms with Crippen molar-refractivity contribution in [2.45, 2.75) is 26.4 Å². The van der Waals surface area contributed by atoms with Gasteiger partial charge in [-0.1, -0.05) is 30.3 Å². The Balaban J connectivity index is 2.41. The molecule has 0 aliphatic heterocycles. The summed E-state index contributed by atoms with van der Waals surface area (Å²) in [5.74, 6) is 1.36. The SMILES string of the molecule is COc1cc(OC)c(C(=O)N(Cc2ccccc2)C(C)C)cc1OC. The number of hydrogen-bond acceptors (Lipinski definition) is 4. The van der Waals surface area contributed by atoms with Gasteiger partial charge in [-0.3, -0.25) is 4.79 Å². The topological polar surface area (TPSA) is 48.0 Å². The van der Waals surface area contributed by atoms with Gasteiger partial charge in [-0.15, -0.1) is 0 Å². The van der Waals surface area contributed by atoms with E-state index in [-0.39, 0.29) is 11.9 Å². The van der Waals surface area contributed by atoms with Crippen molar-refractivity contribution >= 4 is 5.91 Å². The van der Waals surface area contributed by atoms with Gasteiger partial charge in [0.25, 0.3) is 5.91 Å². The minimum absolute atomic E-state index is 0.0329. The van der Waals surface area contributed by atoms with Crippen LogP contribution in [0.25, 0.3) is 0 Å². The van der Waals surface area contributed by atoms with Crippen LogP contribution in [0, 0.1) is 0 Å². The smallest absolute Gasteiger partial charge is 0.258 e. The van der Waals surface area contributed by atoms with Crippen LogP contribution in [-0.4, -0.2) is 38.2 Å². The fraction of sp³-hybridized carbons (Fsp3) is 0.350. The Morgan fingerprint density at radius 1 is 0.920 bits per heavy atom. The van der Waals surface area contributed by atoms with Crippen molar-refractivity contribution in [3.63, 3.8) is 0 Å². The summed E-state index contributed by atoms with van der Waals surface area (Å²) in [7, 11) is 4.63. The zero-order valence-corrected chi connectivity index (χ0v) is 15.4. The highest BCUT2D eigenvalue weighted by molar-refractivity contribution is 5.98. The van der Waals surface area contributed by atoms with Gasteiger partial charge in [-0.25, -0.2) is 0 Å². The fourth-order valence-corrected chi connectivity index (χ4v) is 2.62. The number of nitrogens with zero attached hydrogens (tertiary/aromatic N) is 1. The molecule has 2 aromatic carbocycles. The molecule has 2 rings (SSSR count). The number of rotatable bonds is 7. The van der Waals surface area contributed by atoms with Crippen molar-refractivity contribution in [3.8, 4) is 17.2 Å². The van der Waals surface area contributed by atoms with Crippen LogP contribution >= 0.6 is 0 Å². The molecule has 5 heteroatoms. The number of ether oxygens (including phenoxy) is 3. The first-order chi connectivity index (χ1) is 12.0. The van der Waals surface area contributed by atoms with Gasteiger partial charge in [-0.2, -0.15) is 0 Å². The number of carbonyl (C=O) groups excluding carboxylic acids is 1. The molecule has 0 spiro atoms.